The number of alkyl carbamates (subject to hydrolysis) is 1. The van der Waals surface area contributed by atoms with Gasteiger partial charge in [-0.1, -0.05) is 12.1 Å². The summed E-state index contributed by atoms with van der Waals surface area (Å²) in [6.07, 6.45) is -0.617. The number of rotatable bonds is 4. The standard InChI is InChI=1S/C11H12Cl2FNO2/c1-2-17-11(16)15-9(10(12)13)7-3-5-8(14)6-4-7/h3-6,9-10H,2H2,1H3,(H,15,16)/t9-/m1/s1. The van der Waals surface area contributed by atoms with Gasteiger partial charge in [-0.05, 0) is 24.6 Å². The van der Waals surface area contributed by atoms with Crippen LogP contribution in [0.25, 0.3) is 0 Å². The van der Waals surface area contributed by atoms with Gasteiger partial charge in [0.25, 0.3) is 0 Å². The minimum atomic E-state index is -0.857. The summed E-state index contributed by atoms with van der Waals surface area (Å²) in [7, 11) is 0. The van der Waals surface area contributed by atoms with Crippen LogP contribution in [0, 0.1) is 5.82 Å². The third-order valence-electron chi connectivity index (χ3n) is 2.03. The highest BCUT2D eigenvalue weighted by Gasteiger charge is 2.21. The highest BCUT2D eigenvalue weighted by atomic mass is 35.5. The van der Waals surface area contributed by atoms with Gasteiger partial charge in [0.2, 0.25) is 0 Å². The molecule has 0 bridgehead atoms. The molecule has 0 radical (unpaired) electrons. The van der Waals surface area contributed by atoms with Crippen LogP contribution >= 0.6 is 23.2 Å². The Kier molecular flexibility index (Phi) is 5.51. The summed E-state index contributed by atoms with van der Waals surface area (Å²) in [6.45, 7) is 1.93. The lowest BCUT2D eigenvalue weighted by molar-refractivity contribution is 0.148. The molecule has 1 amide bonds. The second-order valence-electron chi connectivity index (χ2n) is 3.23. The Balaban J connectivity index is 2.79. The topological polar surface area (TPSA) is 38.3 Å². The molecular weight excluding hydrogens is 268 g/mol. The van der Waals surface area contributed by atoms with Crippen LogP contribution < -0.4 is 5.32 Å². The van der Waals surface area contributed by atoms with Gasteiger partial charge in [0.1, 0.15) is 10.7 Å². The maximum Gasteiger partial charge on any atom is 0.407 e. The first kappa shape index (κ1) is 14.1. The summed E-state index contributed by atoms with van der Waals surface area (Å²) < 4.78 is 17.5. The van der Waals surface area contributed by atoms with Crippen molar-refractivity contribution in [2.24, 2.45) is 0 Å². The second kappa shape index (κ2) is 6.67. The van der Waals surface area contributed by atoms with Crippen LogP contribution in [0.1, 0.15) is 18.5 Å². The number of hydrogen-bond donors (Lipinski definition) is 1. The normalized spacial score (nSPS) is 12.3. The van der Waals surface area contributed by atoms with Crippen molar-refractivity contribution in [2.45, 2.75) is 17.8 Å². The lowest BCUT2D eigenvalue weighted by Crippen LogP contribution is -2.32. The SMILES string of the molecule is CCOC(=O)N[C@H](c1ccc(F)cc1)C(Cl)Cl. The molecule has 0 aromatic heterocycles. The van der Waals surface area contributed by atoms with Crippen molar-refractivity contribution in [1.82, 2.24) is 5.32 Å². The summed E-state index contributed by atoms with van der Waals surface area (Å²) >= 11 is 11.5. The van der Waals surface area contributed by atoms with Crippen LogP contribution in [0.2, 0.25) is 0 Å². The Morgan fingerprint density at radius 2 is 2.00 bits per heavy atom. The van der Waals surface area contributed by atoms with Crippen molar-refractivity contribution in [3.63, 3.8) is 0 Å². The van der Waals surface area contributed by atoms with E-state index in [0.717, 1.165) is 0 Å². The van der Waals surface area contributed by atoms with E-state index in [4.69, 9.17) is 27.9 Å². The van der Waals surface area contributed by atoms with Gasteiger partial charge in [0, 0.05) is 0 Å². The molecule has 3 nitrogen and oxygen atoms in total. The Labute approximate surface area is 109 Å². The molecule has 0 saturated heterocycles. The smallest absolute Gasteiger partial charge is 0.407 e. The second-order valence-corrected chi connectivity index (χ2v) is 4.39. The van der Waals surface area contributed by atoms with Crippen LogP contribution in [0.5, 0.6) is 0 Å². The zero-order chi connectivity index (χ0) is 12.8. The molecule has 0 aliphatic carbocycles. The minimum Gasteiger partial charge on any atom is -0.450 e. The van der Waals surface area contributed by atoms with Crippen molar-refractivity contribution >= 4 is 29.3 Å². The highest BCUT2D eigenvalue weighted by Crippen LogP contribution is 2.24. The van der Waals surface area contributed by atoms with Crippen molar-refractivity contribution in [1.29, 1.82) is 0 Å². The van der Waals surface area contributed by atoms with Crippen LogP contribution in [0.15, 0.2) is 24.3 Å². The first-order chi connectivity index (χ1) is 8.04. The summed E-state index contributed by atoms with van der Waals surface area (Å²) in [5.74, 6) is -0.371. The molecule has 6 heteroatoms. The molecule has 0 heterocycles. The quantitative estimate of drug-likeness (QED) is 0.858. The van der Waals surface area contributed by atoms with E-state index in [9.17, 15) is 9.18 Å². The highest BCUT2D eigenvalue weighted by molar-refractivity contribution is 6.44. The lowest BCUT2D eigenvalue weighted by atomic mass is 10.1. The van der Waals surface area contributed by atoms with Gasteiger partial charge < -0.3 is 10.1 Å². The Hall–Kier alpha value is -1.00. The van der Waals surface area contributed by atoms with Crippen LogP contribution in [-0.2, 0) is 4.74 Å². The molecule has 0 aliphatic rings. The number of hydrogen-bond acceptors (Lipinski definition) is 2. The van der Waals surface area contributed by atoms with Gasteiger partial charge in [-0.3, -0.25) is 0 Å². The molecule has 1 atom stereocenters. The van der Waals surface area contributed by atoms with Gasteiger partial charge in [-0.15, -0.1) is 23.2 Å². The molecule has 0 aliphatic heterocycles. The van der Waals surface area contributed by atoms with E-state index in [-0.39, 0.29) is 12.4 Å². The van der Waals surface area contributed by atoms with Gasteiger partial charge in [-0.2, -0.15) is 0 Å². The molecule has 1 aromatic carbocycles. The van der Waals surface area contributed by atoms with Crippen molar-refractivity contribution < 1.29 is 13.9 Å². The van der Waals surface area contributed by atoms with Gasteiger partial charge in [-0.25, -0.2) is 9.18 Å². The summed E-state index contributed by atoms with van der Waals surface area (Å²) in [4.78, 5) is 10.4. The number of benzene rings is 1. The number of alkyl halides is 2. The van der Waals surface area contributed by atoms with E-state index in [2.05, 4.69) is 5.32 Å². The number of ether oxygens (including phenoxy) is 1. The van der Waals surface area contributed by atoms with Crippen molar-refractivity contribution in [3.8, 4) is 0 Å². The molecular formula is C11H12Cl2FNO2. The molecule has 0 saturated carbocycles. The van der Waals surface area contributed by atoms with Gasteiger partial charge in [0.05, 0.1) is 12.6 Å². The van der Waals surface area contributed by atoms with Crippen molar-refractivity contribution in [3.05, 3.63) is 35.6 Å². The molecule has 94 valence electrons. The van der Waals surface area contributed by atoms with E-state index in [0.29, 0.717) is 5.56 Å². The zero-order valence-corrected chi connectivity index (χ0v) is 10.6. The Morgan fingerprint density at radius 1 is 1.41 bits per heavy atom. The third kappa shape index (κ3) is 4.40. The maximum atomic E-state index is 12.8. The number of amides is 1. The monoisotopic (exact) mass is 279 g/mol. The first-order valence-electron chi connectivity index (χ1n) is 5.01. The van der Waals surface area contributed by atoms with Crippen LogP contribution in [-0.4, -0.2) is 17.5 Å². The van der Waals surface area contributed by atoms with E-state index in [1.807, 2.05) is 0 Å². The summed E-state index contributed by atoms with van der Waals surface area (Å²) in [5.41, 5.74) is 0.606. The number of carbonyl (C=O) groups is 1. The maximum absolute atomic E-state index is 12.8. The average molecular weight is 280 g/mol. The summed E-state index contributed by atoms with van der Waals surface area (Å²) in [6, 6.07) is 4.91. The molecule has 0 spiro atoms. The van der Waals surface area contributed by atoms with Crippen molar-refractivity contribution in [2.75, 3.05) is 6.61 Å². The fraction of sp³-hybridized carbons (Fsp3) is 0.364. The minimum absolute atomic E-state index is 0.247. The molecule has 1 N–H and O–H groups in total. The van der Waals surface area contributed by atoms with E-state index < -0.39 is 17.0 Å². The van der Waals surface area contributed by atoms with E-state index in [1.54, 1.807) is 6.92 Å². The molecule has 17 heavy (non-hydrogen) atoms. The van der Waals surface area contributed by atoms with Gasteiger partial charge in [0.15, 0.2) is 0 Å². The first-order valence-corrected chi connectivity index (χ1v) is 5.88. The van der Waals surface area contributed by atoms with E-state index in [1.165, 1.54) is 24.3 Å². The Morgan fingerprint density at radius 3 is 2.47 bits per heavy atom. The predicted molar refractivity (Wildman–Crippen MR) is 64.8 cm³/mol. The zero-order valence-electron chi connectivity index (χ0n) is 9.12. The lowest BCUT2D eigenvalue weighted by Gasteiger charge is -2.19. The molecule has 1 rings (SSSR count). The predicted octanol–water partition coefficient (Wildman–Crippen LogP) is 3.42. The molecule has 0 fully saturated rings. The third-order valence-corrected chi connectivity index (χ3v) is 2.53. The number of nitrogens with one attached hydrogen (secondary N) is 1. The van der Waals surface area contributed by atoms with Crippen LogP contribution in [0.4, 0.5) is 9.18 Å². The van der Waals surface area contributed by atoms with Gasteiger partial charge >= 0.3 is 6.09 Å². The molecule has 0 unspecified atom stereocenters. The Bertz CT molecular complexity index is 370. The number of halogens is 3. The largest absolute Gasteiger partial charge is 0.450 e. The summed E-state index contributed by atoms with van der Waals surface area (Å²) in [5, 5.41) is 2.51. The number of carbonyl (C=O) groups excluding carboxylic acids is 1. The van der Waals surface area contributed by atoms with Crippen LogP contribution in [0.3, 0.4) is 0 Å². The molecule has 1 aromatic rings. The average Bonchev–Trinajstić information content (AvgIpc) is 2.27. The van der Waals surface area contributed by atoms with E-state index >= 15 is 0 Å². The fourth-order valence-corrected chi connectivity index (χ4v) is 1.68. The fourth-order valence-electron chi connectivity index (χ4n) is 1.26.